The molecule has 2 amide bonds. The monoisotopic (exact) mass is 453 g/mol. The zero-order chi connectivity index (χ0) is 23.4. The summed E-state index contributed by atoms with van der Waals surface area (Å²) in [5.74, 6) is 0.516. The van der Waals surface area contributed by atoms with Crippen LogP contribution in [-0.4, -0.2) is 67.4 Å². The van der Waals surface area contributed by atoms with Crippen LogP contribution in [0.2, 0.25) is 0 Å². The van der Waals surface area contributed by atoms with Crippen molar-refractivity contribution in [2.45, 2.75) is 43.6 Å². The number of hydrogen-bond donors (Lipinski definition) is 3. The molecule has 8 heteroatoms. The average Bonchev–Trinajstić information content (AvgIpc) is 3.15. The quantitative estimate of drug-likeness (QED) is 0.565. The topological polar surface area (TPSA) is 100 Å². The number of rotatable bonds is 8. The lowest BCUT2D eigenvalue weighted by molar-refractivity contribution is -0.142. The molecule has 3 N–H and O–H groups in total. The minimum absolute atomic E-state index is 0.0245. The molecule has 1 fully saturated rings. The molecule has 0 radical (unpaired) electrons. The molecule has 0 unspecified atom stereocenters. The molecular weight excluding hydrogens is 422 g/mol. The van der Waals surface area contributed by atoms with Crippen molar-refractivity contribution >= 4 is 17.5 Å². The summed E-state index contributed by atoms with van der Waals surface area (Å²) in [7, 11) is 3.68. The number of hydrogen-bond acceptors (Lipinski definition) is 6. The van der Waals surface area contributed by atoms with E-state index in [4.69, 9.17) is 9.47 Å². The first-order chi connectivity index (χ1) is 15.9. The number of fused-ring (bicyclic) bond motifs is 3. The number of benzene rings is 2. The van der Waals surface area contributed by atoms with Crippen LogP contribution in [0.15, 0.2) is 48.5 Å². The third-order valence-corrected chi connectivity index (χ3v) is 5.99. The lowest BCUT2D eigenvalue weighted by atomic mass is 9.84. The third-order valence-electron chi connectivity index (χ3n) is 5.99. The van der Waals surface area contributed by atoms with Gasteiger partial charge < -0.3 is 30.1 Å². The lowest BCUT2D eigenvalue weighted by Crippen LogP contribution is -2.47. The molecular formula is C25H31N3O5. The molecule has 176 valence electrons. The van der Waals surface area contributed by atoms with E-state index in [1.165, 1.54) is 0 Å². The molecule has 0 aliphatic carbocycles. The highest BCUT2D eigenvalue weighted by Gasteiger charge is 2.46. The van der Waals surface area contributed by atoms with Gasteiger partial charge in [-0.3, -0.25) is 9.59 Å². The Kier molecular flexibility index (Phi) is 7.27. The summed E-state index contributed by atoms with van der Waals surface area (Å²) in [6, 6.07) is 15.3. The van der Waals surface area contributed by atoms with E-state index in [0.29, 0.717) is 25.2 Å². The Bertz CT molecular complexity index is 981. The van der Waals surface area contributed by atoms with E-state index in [2.05, 4.69) is 10.6 Å². The predicted molar refractivity (Wildman–Crippen MR) is 124 cm³/mol. The molecule has 4 atom stereocenters. The molecule has 2 aliphatic rings. The second-order valence-electron chi connectivity index (χ2n) is 8.91. The van der Waals surface area contributed by atoms with Gasteiger partial charge in [-0.15, -0.1) is 0 Å². The maximum Gasteiger partial charge on any atom is 0.238 e. The molecule has 2 aromatic carbocycles. The standard InChI is InChI=1S/C25H31N3O5/c1-28(2)14-24(31)27-17-8-9-21-19(10-17)20-11-18(32-22(15-29)25(20)33-21)12-23(30)26-13-16-6-4-3-5-7-16/h3-10,18,20,22,25,29H,11-15H2,1-2H3,(H,26,30)(H,27,31)/t18-,20+,22-,25-/m0/s1. The maximum absolute atomic E-state index is 12.5. The molecule has 0 spiro atoms. The number of likely N-dealkylation sites (N-methyl/N-ethyl adjacent to an activating group) is 1. The number of carbonyl (C=O) groups is 2. The minimum Gasteiger partial charge on any atom is -0.487 e. The highest BCUT2D eigenvalue weighted by Crippen LogP contribution is 2.47. The number of nitrogens with zero attached hydrogens (tertiary/aromatic N) is 1. The van der Waals surface area contributed by atoms with E-state index in [1.54, 1.807) is 4.90 Å². The van der Waals surface area contributed by atoms with Gasteiger partial charge in [0.05, 0.1) is 25.7 Å². The highest BCUT2D eigenvalue weighted by atomic mass is 16.6. The molecule has 33 heavy (non-hydrogen) atoms. The Morgan fingerprint density at radius 2 is 1.91 bits per heavy atom. The average molecular weight is 454 g/mol. The fourth-order valence-electron chi connectivity index (χ4n) is 4.53. The van der Waals surface area contributed by atoms with E-state index in [0.717, 1.165) is 16.9 Å². The van der Waals surface area contributed by atoms with Crippen molar-refractivity contribution in [3.63, 3.8) is 0 Å². The van der Waals surface area contributed by atoms with Crippen molar-refractivity contribution in [2.75, 3.05) is 32.6 Å². The van der Waals surface area contributed by atoms with Gasteiger partial charge in [0.15, 0.2) is 0 Å². The van der Waals surface area contributed by atoms with Crippen LogP contribution in [0.5, 0.6) is 5.75 Å². The van der Waals surface area contributed by atoms with Crippen molar-refractivity contribution in [3.8, 4) is 5.75 Å². The zero-order valence-electron chi connectivity index (χ0n) is 19.0. The molecule has 0 bridgehead atoms. The molecule has 8 nitrogen and oxygen atoms in total. The van der Waals surface area contributed by atoms with Crippen LogP contribution >= 0.6 is 0 Å². The Labute approximate surface area is 193 Å². The van der Waals surface area contributed by atoms with Gasteiger partial charge >= 0.3 is 0 Å². The largest absolute Gasteiger partial charge is 0.487 e. The van der Waals surface area contributed by atoms with Crippen molar-refractivity contribution in [3.05, 3.63) is 59.7 Å². The van der Waals surface area contributed by atoms with Gasteiger partial charge in [-0.05, 0) is 44.3 Å². The Hall–Kier alpha value is -2.94. The fourth-order valence-corrected chi connectivity index (χ4v) is 4.53. The van der Waals surface area contributed by atoms with Crippen molar-refractivity contribution in [2.24, 2.45) is 0 Å². The van der Waals surface area contributed by atoms with E-state index >= 15 is 0 Å². The highest BCUT2D eigenvalue weighted by molar-refractivity contribution is 5.92. The van der Waals surface area contributed by atoms with Crippen molar-refractivity contribution in [1.29, 1.82) is 0 Å². The summed E-state index contributed by atoms with van der Waals surface area (Å²) in [5.41, 5.74) is 2.71. The van der Waals surface area contributed by atoms with Crippen LogP contribution in [0.1, 0.15) is 29.9 Å². The van der Waals surface area contributed by atoms with Crippen LogP contribution < -0.4 is 15.4 Å². The van der Waals surface area contributed by atoms with Crippen molar-refractivity contribution in [1.82, 2.24) is 10.2 Å². The van der Waals surface area contributed by atoms with E-state index in [9.17, 15) is 14.7 Å². The molecule has 2 aromatic rings. The smallest absolute Gasteiger partial charge is 0.238 e. The second kappa shape index (κ2) is 10.3. The third kappa shape index (κ3) is 5.71. The van der Waals surface area contributed by atoms with Crippen molar-refractivity contribution < 1.29 is 24.2 Å². The van der Waals surface area contributed by atoms with Gasteiger partial charge in [-0.25, -0.2) is 0 Å². The zero-order valence-corrected chi connectivity index (χ0v) is 19.0. The minimum atomic E-state index is -0.519. The first kappa shape index (κ1) is 23.2. The fraction of sp³-hybridized carbons (Fsp3) is 0.440. The van der Waals surface area contributed by atoms with Crippen LogP contribution in [0.4, 0.5) is 5.69 Å². The summed E-state index contributed by atoms with van der Waals surface area (Å²) in [6.45, 7) is 0.563. The maximum atomic E-state index is 12.5. The van der Waals surface area contributed by atoms with E-state index in [-0.39, 0.29) is 43.0 Å². The van der Waals surface area contributed by atoms with Gasteiger partial charge in [0.1, 0.15) is 18.0 Å². The number of anilines is 1. The molecule has 1 saturated heterocycles. The number of carbonyl (C=O) groups excluding carboxylic acids is 2. The Morgan fingerprint density at radius 3 is 2.64 bits per heavy atom. The van der Waals surface area contributed by atoms with Crippen LogP contribution in [0.3, 0.4) is 0 Å². The van der Waals surface area contributed by atoms with Gasteiger partial charge in [0.2, 0.25) is 11.8 Å². The number of nitrogens with one attached hydrogen (secondary N) is 2. The normalized spacial score (nSPS) is 23.4. The van der Waals surface area contributed by atoms with Crippen LogP contribution in [-0.2, 0) is 20.9 Å². The summed E-state index contributed by atoms with van der Waals surface area (Å²) < 4.78 is 12.1. The van der Waals surface area contributed by atoms with E-state index < -0.39 is 6.10 Å². The first-order valence-electron chi connectivity index (χ1n) is 11.2. The summed E-state index contributed by atoms with van der Waals surface area (Å²) in [4.78, 5) is 26.5. The number of aliphatic hydroxyl groups is 1. The molecule has 0 saturated carbocycles. The Morgan fingerprint density at radius 1 is 1.12 bits per heavy atom. The van der Waals surface area contributed by atoms with E-state index in [1.807, 2.05) is 62.6 Å². The number of amides is 2. The number of ether oxygens (including phenoxy) is 2. The molecule has 4 rings (SSSR count). The van der Waals surface area contributed by atoms with Gasteiger partial charge in [-0.2, -0.15) is 0 Å². The second-order valence-corrected chi connectivity index (χ2v) is 8.91. The summed E-state index contributed by atoms with van der Waals surface area (Å²) >= 11 is 0. The molecule has 0 aromatic heterocycles. The summed E-state index contributed by atoms with van der Waals surface area (Å²) in [5, 5.41) is 15.8. The SMILES string of the molecule is CN(C)CC(=O)Nc1ccc2c(c1)[C@H]1C[C@@H](CC(=O)NCc3ccccc3)O[C@@H](CO)[C@H]1O2. The summed E-state index contributed by atoms with van der Waals surface area (Å²) in [6.07, 6.45) is -0.361. The number of aliphatic hydroxyl groups excluding tert-OH is 1. The van der Waals surface area contributed by atoms with Crippen LogP contribution in [0.25, 0.3) is 0 Å². The first-order valence-corrected chi connectivity index (χ1v) is 11.2. The van der Waals surface area contributed by atoms with Gasteiger partial charge in [-0.1, -0.05) is 30.3 Å². The molecule has 2 aliphatic heterocycles. The molecule has 2 heterocycles. The van der Waals surface area contributed by atoms with Gasteiger partial charge in [0.25, 0.3) is 0 Å². The Balaban J connectivity index is 1.42. The lowest BCUT2D eigenvalue weighted by Gasteiger charge is -2.37. The predicted octanol–water partition coefficient (Wildman–Crippen LogP) is 1.89. The van der Waals surface area contributed by atoms with Gasteiger partial charge in [0, 0.05) is 23.7 Å². The van der Waals surface area contributed by atoms with Crippen LogP contribution in [0, 0.1) is 0 Å².